The minimum atomic E-state index is 1.05. The van der Waals surface area contributed by atoms with Crippen LogP contribution in [0.3, 0.4) is 0 Å². The van der Waals surface area contributed by atoms with Gasteiger partial charge < -0.3 is 21.1 Å². The molecule has 0 fully saturated rings. The molecule has 0 saturated carbocycles. The maximum absolute atomic E-state index is 3.26. The molecule has 0 atom stereocenters. The Morgan fingerprint density at radius 2 is 2.00 bits per heavy atom. The molecule has 2 aromatic rings. The van der Waals surface area contributed by atoms with Gasteiger partial charge in [-0.1, -0.05) is 23.2 Å². The maximum atomic E-state index is 3.26. The van der Waals surface area contributed by atoms with E-state index in [-0.39, 0.29) is 0 Å². The van der Waals surface area contributed by atoms with E-state index in [2.05, 4.69) is 24.2 Å². The van der Waals surface area contributed by atoms with Crippen LogP contribution in [-0.4, -0.2) is 7.05 Å². The Hall–Kier alpha value is -1.48. The second kappa shape index (κ2) is 3.28. The Kier molecular flexibility index (Phi) is 1.92. The summed E-state index contributed by atoms with van der Waals surface area (Å²) >= 11 is 1.58. The van der Waals surface area contributed by atoms with Gasteiger partial charge in [-0.15, -0.1) is 0 Å². The van der Waals surface area contributed by atoms with Crippen LogP contribution in [0.25, 0.3) is 0 Å². The minimum Gasteiger partial charge on any atom is -0.342 e. The van der Waals surface area contributed by atoms with Gasteiger partial charge in [-0.25, -0.2) is 0 Å². The van der Waals surface area contributed by atoms with Crippen LogP contribution in [0, 0.1) is 12.0 Å². The minimum absolute atomic E-state index is 1.05. The van der Waals surface area contributed by atoms with Crippen LogP contribution in [-0.2, 0) is 0 Å². The molecule has 3 rings (SSSR count). The summed E-state index contributed by atoms with van der Waals surface area (Å²) in [5, 5.41) is 5.24. The van der Waals surface area contributed by atoms with Crippen molar-refractivity contribution in [2.75, 3.05) is 16.8 Å². The molecule has 2 nitrogen and oxygen atoms in total. The fourth-order valence-electron chi connectivity index (χ4n) is 1.73. The molecular formula is C12H9N2S-. The van der Waals surface area contributed by atoms with Crippen LogP contribution < -0.4 is 9.80 Å². The largest absolute Gasteiger partial charge is 0.342 e. The molecule has 1 aliphatic heterocycles. The van der Waals surface area contributed by atoms with Crippen LogP contribution in [0.1, 0.15) is 0 Å². The van der Waals surface area contributed by atoms with Crippen molar-refractivity contribution in [3.05, 3.63) is 47.8 Å². The van der Waals surface area contributed by atoms with E-state index in [0.717, 1.165) is 11.4 Å². The maximum Gasteiger partial charge on any atom is 0.211 e. The van der Waals surface area contributed by atoms with Gasteiger partial charge in [0.1, 0.15) is 0 Å². The van der Waals surface area contributed by atoms with Gasteiger partial charge in [0.15, 0.2) is 0 Å². The normalized spacial score (nSPS) is 14.5. The van der Waals surface area contributed by atoms with Crippen LogP contribution in [0.2, 0.25) is 0 Å². The van der Waals surface area contributed by atoms with Crippen molar-refractivity contribution in [2.24, 2.45) is 0 Å². The van der Waals surface area contributed by atoms with Crippen LogP contribution >= 0.6 is 11.3 Å². The van der Waals surface area contributed by atoms with E-state index in [1.807, 2.05) is 40.4 Å². The number of rotatable bonds is 1. The third-order valence-electron chi connectivity index (χ3n) is 2.43. The lowest BCUT2D eigenvalue weighted by Crippen LogP contribution is -2.16. The smallest absolute Gasteiger partial charge is 0.211 e. The summed E-state index contributed by atoms with van der Waals surface area (Å²) in [5.74, 6) is 0. The lowest BCUT2D eigenvalue weighted by molar-refractivity contribution is 1.08. The summed E-state index contributed by atoms with van der Waals surface area (Å²) in [5.41, 5.74) is 3.39. The fourth-order valence-corrected chi connectivity index (χ4v) is 2.27. The Bertz CT molecular complexity index is 464. The van der Waals surface area contributed by atoms with Gasteiger partial charge in [-0.3, -0.25) is 0 Å². The molecule has 0 N–H and O–H groups in total. The molecule has 15 heavy (non-hydrogen) atoms. The zero-order chi connectivity index (χ0) is 10.3. The highest BCUT2D eigenvalue weighted by Gasteiger charge is 2.23. The van der Waals surface area contributed by atoms with E-state index < -0.39 is 0 Å². The SMILES string of the molecule is CN1[C]N(c2[c-]scc2)c2ccccc21. The number of hydrogen-bond acceptors (Lipinski definition) is 3. The lowest BCUT2D eigenvalue weighted by Gasteiger charge is -2.19. The second-order valence-electron chi connectivity index (χ2n) is 3.39. The van der Waals surface area contributed by atoms with Crippen molar-refractivity contribution in [3.8, 4) is 0 Å². The predicted octanol–water partition coefficient (Wildman–Crippen LogP) is 3.13. The van der Waals surface area contributed by atoms with E-state index in [0.29, 0.717) is 0 Å². The molecule has 0 aliphatic carbocycles. The van der Waals surface area contributed by atoms with Crippen molar-refractivity contribution in [1.29, 1.82) is 0 Å². The average molecular weight is 213 g/mol. The van der Waals surface area contributed by atoms with Crippen LogP contribution in [0.15, 0.2) is 35.7 Å². The molecule has 0 amide bonds. The van der Waals surface area contributed by atoms with E-state index in [1.54, 1.807) is 11.3 Å². The van der Waals surface area contributed by atoms with Crippen LogP contribution in [0.4, 0.5) is 17.1 Å². The number of nitrogens with zero attached hydrogens (tertiary/aromatic N) is 2. The molecule has 0 spiro atoms. The van der Waals surface area contributed by atoms with Crippen molar-refractivity contribution < 1.29 is 0 Å². The summed E-state index contributed by atoms with van der Waals surface area (Å²) < 4.78 is 0. The number of hydrogen-bond donors (Lipinski definition) is 0. The summed E-state index contributed by atoms with van der Waals surface area (Å²) in [6, 6.07) is 10.3. The molecule has 74 valence electrons. The summed E-state index contributed by atoms with van der Waals surface area (Å²) in [6.45, 7) is 3.26. The Balaban J connectivity index is 2.09. The van der Waals surface area contributed by atoms with Crippen molar-refractivity contribution in [3.63, 3.8) is 0 Å². The van der Waals surface area contributed by atoms with E-state index in [1.165, 1.54) is 5.69 Å². The molecule has 1 aliphatic rings. The summed E-state index contributed by atoms with van der Waals surface area (Å²) in [4.78, 5) is 4.03. The van der Waals surface area contributed by atoms with Gasteiger partial charge in [0.05, 0.1) is 11.4 Å². The number of anilines is 3. The summed E-state index contributed by atoms with van der Waals surface area (Å²) in [7, 11) is 2.01. The summed E-state index contributed by atoms with van der Waals surface area (Å²) in [6.07, 6.45) is 0. The number of para-hydroxylation sites is 2. The lowest BCUT2D eigenvalue weighted by atomic mass is 10.2. The third kappa shape index (κ3) is 1.31. The zero-order valence-electron chi connectivity index (χ0n) is 8.27. The molecule has 2 heterocycles. The fraction of sp³-hybridized carbons (Fsp3) is 0.0833. The molecule has 0 unspecified atom stereocenters. The van der Waals surface area contributed by atoms with Gasteiger partial charge in [-0.05, 0) is 12.1 Å². The molecule has 0 bridgehead atoms. The first kappa shape index (κ1) is 8.80. The monoisotopic (exact) mass is 213 g/mol. The molecular weight excluding hydrogens is 204 g/mol. The molecule has 1 aromatic carbocycles. The van der Waals surface area contributed by atoms with Crippen molar-refractivity contribution in [2.45, 2.75) is 0 Å². The molecule has 2 radical (unpaired) electrons. The van der Waals surface area contributed by atoms with Gasteiger partial charge >= 0.3 is 0 Å². The van der Waals surface area contributed by atoms with Gasteiger partial charge in [0, 0.05) is 7.05 Å². The number of fused-ring (bicyclic) bond motifs is 1. The topological polar surface area (TPSA) is 6.48 Å². The Morgan fingerprint density at radius 1 is 1.20 bits per heavy atom. The number of benzene rings is 1. The van der Waals surface area contributed by atoms with Gasteiger partial charge in [0.25, 0.3) is 0 Å². The van der Waals surface area contributed by atoms with Gasteiger partial charge in [0.2, 0.25) is 6.67 Å². The molecule has 0 saturated heterocycles. The van der Waals surface area contributed by atoms with E-state index >= 15 is 0 Å². The van der Waals surface area contributed by atoms with Crippen molar-refractivity contribution in [1.82, 2.24) is 0 Å². The quantitative estimate of drug-likeness (QED) is 0.671. The van der Waals surface area contributed by atoms with E-state index in [9.17, 15) is 0 Å². The first-order valence-corrected chi connectivity index (χ1v) is 5.58. The Morgan fingerprint density at radius 3 is 2.73 bits per heavy atom. The van der Waals surface area contributed by atoms with Crippen molar-refractivity contribution >= 4 is 28.4 Å². The van der Waals surface area contributed by atoms with Crippen LogP contribution in [0.5, 0.6) is 0 Å². The highest BCUT2D eigenvalue weighted by Crippen LogP contribution is 2.41. The standard InChI is InChI=1S/C12H9N2S/c1-13-9-14(10-6-7-15-8-10)12-5-3-2-4-11(12)13/h2-7H,1H3/q-1. The molecule has 3 heteroatoms. The zero-order valence-corrected chi connectivity index (χ0v) is 9.08. The first-order chi connectivity index (χ1) is 7.36. The average Bonchev–Trinajstić information content (AvgIpc) is 2.87. The third-order valence-corrected chi connectivity index (χ3v) is 3.03. The number of thiophene rings is 1. The second-order valence-corrected chi connectivity index (χ2v) is 4.10. The highest BCUT2D eigenvalue weighted by atomic mass is 32.1. The first-order valence-electron chi connectivity index (χ1n) is 4.70. The Labute approximate surface area is 93.4 Å². The highest BCUT2D eigenvalue weighted by molar-refractivity contribution is 7.07. The molecule has 1 aromatic heterocycles. The van der Waals surface area contributed by atoms with Gasteiger partial charge in [-0.2, -0.15) is 11.4 Å². The predicted molar refractivity (Wildman–Crippen MR) is 63.4 cm³/mol. The van der Waals surface area contributed by atoms with E-state index in [4.69, 9.17) is 0 Å².